The number of nitrogens with zero attached hydrogens (tertiary/aromatic N) is 1. The first-order chi connectivity index (χ1) is 6.83. The Bertz CT molecular complexity index is 275. The Balaban J connectivity index is 2.39. The SMILES string of the molecule is CCCCC(C)=NCc1ccccc1. The lowest BCUT2D eigenvalue weighted by Gasteiger charge is -1.99. The van der Waals surface area contributed by atoms with Crippen LogP contribution in [-0.4, -0.2) is 5.71 Å². The van der Waals surface area contributed by atoms with Gasteiger partial charge >= 0.3 is 0 Å². The van der Waals surface area contributed by atoms with Crippen molar-refractivity contribution in [2.24, 2.45) is 4.99 Å². The Hall–Kier alpha value is -1.11. The largest absolute Gasteiger partial charge is 0.290 e. The highest BCUT2D eigenvalue weighted by Gasteiger charge is 1.91. The van der Waals surface area contributed by atoms with Crippen LogP contribution in [0.3, 0.4) is 0 Å². The molecule has 0 fully saturated rings. The van der Waals surface area contributed by atoms with E-state index in [1.165, 1.54) is 24.1 Å². The van der Waals surface area contributed by atoms with E-state index < -0.39 is 0 Å². The van der Waals surface area contributed by atoms with E-state index in [1.54, 1.807) is 0 Å². The standard InChI is InChI=1S/C13H19N/c1-3-4-8-12(2)14-11-13-9-6-5-7-10-13/h5-7,9-10H,3-4,8,11H2,1-2H3. The lowest BCUT2D eigenvalue weighted by molar-refractivity contribution is 0.828. The molecule has 0 amide bonds. The number of aliphatic imine (C=N–C) groups is 1. The summed E-state index contributed by atoms with van der Waals surface area (Å²) in [5.74, 6) is 0. The molecule has 1 rings (SSSR count). The summed E-state index contributed by atoms with van der Waals surface area (Å²) in [7, 11) is 0. The van der Waals surface area contributed by atoms with Crippen LogP contribution < -0.4 is 0 Å². The fourth-order valence-electron chi connectivity index (χ4n) is 1.32. The van der Waals surface area contributed by atoms with Gasteiger partial charge < -0.3 is 0 Å². The molecular formula is C13H19N. The average molecular weight is 189 g/mol. The summed E-state index contributed by atoms with van der Waals surface area (Å²) in [4.78, 5) is 4.55. The van der Waals surface area contributed by atoms with Crippen molar-refractivity contribution < 1.29 is 0 Å². The Morgan fingerprint density at radius 3 is 2.57 bits per heavy atom. The van der Waals surface area contributed by atoms with Gasteiger partial charge in [0, 0.05) is 5.71 Å². The summed E-state index contributed by atoms with van der Waals surface area (Å²) in [6, 6.07) is 10.4. The summed E-state index contributed by atoms with van der Waals surface area (Å²) < 4.78 is 0. The number of hydrogen-bond donors (Lipinski definition) is 0. The Morgan fingerprint density at radius 2 is 1.93 bits per heavy atom. The summed E-state index contributed by atoms with van der Waals surface area (Å²) >= 11 is 0. The van der Waals surface area contributed by atoms with Crippen molar-refractivity contribution in [3.05, 3.63) is 35.9 Å². The summed E-state index contributed by atoms with van der Waals surface area (Å²) in [6.45, 7) is 5.17. The maximum atomic E-state index is 4.55. The minimum atomic E-state index is 0.830. The number of unbranched alkanes of at least 4 members (excludes halogenated alkanes) is 1. The molecule has 0 spiro atoms. The topological polar surface area (TPSA) is 12.4 Å². The fraction of sp³-hybridized carbons (Fsp3) is 0.462. The second-order valence-corrected chi connectivity index (χ2v) is 3.64. The molecular weight excluding hydrogens is 170 g/mol. The Morgan fingerprint density at radius 1 is 1.21 bits per heavy atom. The molecule has 14 heavy (non-hydrogen) atoms. The first-order valence-electron chi connectivity index (χ1n) is 5.36. The molecule has 0 aliphatic heterocycles. The molecule has 0 radical (unpaired) electrons. The Kier molecular flexibility index (Phi) is 4.98. The maximum absolute atomic E-state index is 4.55. The van der Waals surface area contributed by atoms with E-state index >= 15 is 0 Å². The van der Waals surface area contributed by atoms with Gasteiger partial charge in [-0.05, 0) is 25.3 Å². The van der Waals surface area contributed by atoms with E-state index in [4.69, 9.17) is 0 Å². The smallest absolute Gasteiger partial charge is 0.0638 e. The normalized spacial score (nSPS) is 11.7. The quantitative estimate of drug-likeness (QED) is 0.624. The zero-order valence-corrected chi connectivity index (χ0v) is 9.16. The first kappa shape index (κ1) is 11.0. The summed E-state index contributed by atoms with van der Waals surface area (Å²) in [5.41, 5.74) is 2.57. The van der Waals surface area contributed by atoms with Crippen molar-refractivity contribution in [2.45, 2.75) is 39.7 Å². The van der Waals surface area contributed by atoms with Crippen LogP contribution in [-0.2, 0) is 6.54 Å². The molecule has 1 nitrogen and oxygen atoms in total. The van der Waals surface area contributed by atoms with Crippen LogP contribution in [0.5, 0.6) is 0 Å². The van der Waals surface area contributed by atoms with E-state index in [0.29, 0.717) is 0 Å². The predicted molar refractivity (Wildman–Crippen MR) is 62.8 cm³/mol. The maximum Gasteiger partial charge on any atom is 0.0638 e. The van der Waals surface area contributed by atoms with Gasteiger partial charge in [-0.15, -0.1) is 0 Å². The van der Waals surface area contributed by atoms with Crippen LogP contribution in [0, 0.1) is 0 Å². The van der Waals surface area contributed by atoms with Crippen molar-refractivity contribution >= 4 is 5.71 Å². The van der Waals surface area contributed by atoms with E-state index in [9.17, 15) is 0 Å². The second-order valence-electron chi connectivity index (χ2n) is 3.64. The molecule has 0 N–H and O–H groups in total. The van der Waals surface area contributed by atoms with Gasteiger partial charge in [-0.25, -0.2) is 0 Å². The monoisotopic (exact) mass is 189 g/mol. The molecule has 0 bridgehead atoms. The molecule has 0 aromatic heterocycles. The highest BCUT2D eigenvalue weighted by Crippen LogP contribution is 2.03. The van der Waals surface area contributed by atoms with E-state index in [2.05, 4.69) is 43.1 Å². The van der Waals surface area contributed by atoms with Crippen LogP contribution in [0.2, 0.25) is 0 Å². The lowest BCUT2D eigenvalue weighted by Crippen LogP contribution is -1.92. The molecule has 1 heteroatoms. The predicted octanol–water partition coefficient (Wildman–Crippen LogP) is 3.84. The molecule has 0 saturated carbocycles. The van der Waals surface area contributed by atoms with Gasteiger partial charge in [0.15, 0.2) is 0 Å². The van der Waals surface area contributed by atoms with Gasteiger partial charge in [-0.2, -0.15) is 0 Å². The molecule has 1 aromatic carbocycles. The van der Waals surface area contributed by atoms with Crippen LogP contribution >= 0.6 is 0 Å². The van der Waals surface area contributed by atoms with Crippen LogP contribution in [0.4, 0.5) is 0 Å². The third-order valence-corrected chi connectivity index (χ3v) is 2.27. The molecule has 0 aliphatic rings. The number of hydrogen-bond acceptors (Lipinski definition) is 1. The number of rotatable bonds is 5. The third-order valence-electron chi connectivity index (χ3n) is 2.27. The molecule has 0 atom stereocenters. The van der Waals surface area contributed by atoms with Crippen LogP contribution in [0.25, 0.3) is 0 Å². The molecule has 0 heterocycles. The van der Waals surface area contributed by atoms with Gasteiger partial charge in [0.2, 0.25) is 0 Å². The minimum absolute atomic E-state index is 0.830. The van der Waals surface area contributed by atoms with Crippen molar-refractivity contribution in [3.63, 3.8) is 0 Å². The lowest BCUT2D eigenvalue weighted by atomic mass is 10.2. The van der Waals surface area contributed by atoms with E-state index in [0.717, 1.165) is 13.0 Å². The minimum Gasteiger partial charge on any atom is -0.290 e. The molecule has 1 aromatic rings. The second kappa shape index (κ2) is 6.36. The Labute approximate surface area is 86.9 Å². The van der Waals surface area contributed by atoms with Crippen molar-refractivity contribution in [2.75, 3.05) is 0 Å². The van der Waals surface area contributed by atoms with Crippen molar-refractivity contribution in [1.29, 1.82) is 0 Å². The molecule has 0 aliphatic carbocycles. The van der Waals surface area contributed by atoms with Gasteiger partial charge in [0.05, 0.1) is 6.54 Å². The number of benzene rings is 1. The summed E-state index contributed by atoms with van der Waals surface area (Å²) in [5, 5.41) is 0. The highest BCUT2D eigenvalue weighted by molar-refractivity contribution is 5.81. The zero-order chi connectivity index (χ0) is 10.2. The fourth-order valence-corrected chi connectivity index (χ4v) is 1.32. The molecule has 0 unspecified atom stereocenters. The third kappa shape index (κ3) is 4.22. The van der Waals surface area contributed by atoms with Crippen molar-refractivity contribution in [3.8, 4) is 0 Å². The summed E-state index contributed by atoms with van der Waals surface area (Å²) in [6.07, 6.45) is 3.64. The molecule has 76 valence electrons. The average Bonchev–Trinajstić information content (AvgIpc) is 2.25. The van der Waals surface area contributed by atoms with Gasteiger partial charge in [0.1, 0.15) is 0 Å². The zero-order valence-electron chi connectivity index (χ0n) is 9.16. The van der Waals surface area contributed by atoms with Crippen LogP contribution in [0.15, 0.2) is 35.3 Å². The first-order valence-corrected chi connectivity index (χ1v) is 5.36. The van der Waals surface area contributed by atoms with Crippen LogP contribution in [0.1, 0.15) is 38.7 Å². The molecule has 0 saturated heterocycles. The highest BCUT2D eigenvalue weighted by atomic mass is 14.7. The van der Waals surface area contributed by atoms with Crippen molar-refractivity contribution in [1.82, 2.24) is 0 Å². The van der Waals surface area contributed by atoms with Gasteiger partial charge in [-0.1, -0.05) is 43.7 Å². The van der Waals surface area contributed by atoms with E-state index in [-0.39, 0.29) is 0 Å². The van der Waals surface area contributed by atoms with Gasteiger partial charge in [0.25, 0.3) is 0 Å². The van der Waals surface area contributed by atoms with E-state index in [1.807, 2.05) is 6.07 Å². The van der Waals surface area contributed by atoms with Gasteiger partial charge in [-0.3, -0.25) is 4.99 Å².